The van der Waals surface area contributed by atoms with Crippen LogP contribution in [0.2, 0.25) is 0 Å². The van der Waals surface area contributed by atoms with E-state index in [1.54, 1.807) is 0 Å². The molecular weight excluding hydrogens is 288 g/mol. The third-order valence-electron chi connectivity index (χ3n) is 4.22. The van der Waals surface area contributed by atoms with Gasteiger partial charge in [-0.1, -0.05) is 0 Å². The quantitative estimate of drug-likeness (QED) is 0.777. The summed E-state index contributed by atoms with van der Waals surface area (Å²) >= 11 is 0. The summed E-state index contributed by atoms with van der Waals surface area (Å²) in [6.45, 7) is 3.63. The highest BCUT2D eigenvalue weighted by atomic mass is 16.5. The number of ether oxygens (including phenoxy) is 1. The Morgan fingerprint density at radius 3 is 3.04 bits per heavy atom. The molecule has 0 aromatic carbocycles. The maximum absolute atomic E-state index is 5.51. The van der Waals surface area contributed by atoms with Crippen LogP contribution in [0, 0.1) is 6.92 Å². The number of rotatable bonds is 3. The second-order valence-electron chi connectivity index (χ2n) is 6.08. The van der Waals surface area contributed by atoms with Gasteiger partial charge in [0.25, 0.3) is 0 Å². The van der Waals surface area contributed by atoms with Crippen molar-refractivity contribution in [1.82, 2.24) is 15.0 Å². The van der Waals surface area contributed by atoms with Crippen LogP contribution in [-0.4, -0.2) is 34.2 Å². The number of hydrogen-bond donors (Lipinski definition) is 2. The van der Waals surface area contributed by atoms with Crippen molar-refractivity contribution in [1.29, 1.82) is 0 Å². The van der Waals surface area contributed by atoms with E-state index < -0.39 is 0 Å². The summed E-state index contributed by atoms with van der Waals surface area (Å²) in [5.41, 5.74) is 4.33. The highest BCUT2D eigenvalue weighted by molar-refractivity contribution is 5.86. The molecule has 0 unspecified atom stereocenters. The molecule has 4 heterocycles. The SMILES string of the molecule is Cc1cc(-c2cc3cnc(N[C@@H]4CCCOC4)cc3[nH]2)ccn1. The van der Waals surface area contributed by atoms with Gasteiger partial charge in [0.1, 0.15) is 5.82 Å². The van der Waals surface area contributed by atoms with E-state index in [0.29, 0.717) is 6.04 Å². The summed E-state index contributed by atoms with van der Waals surface area (Å²) in [6.07, 6.45) is 5.99. The van der Waals surface area contributed by atoms with Crippen molar-refractivity contribution in [3.63, 3.8) is 0 Å². The summed E-state index contributed by atoms with van der Waals surface area (Å²) in [7, 11) is 0. The van der Waals surface area contributed by atoms with Gasteiger partial charge in [-0.15, -0.1) is 0 Å². The molecule has 4 rings (SSSR count). The Hall–Kier alpha value is -2.40. The highest BCUT2D eigenvalue weighted by Gasteiger charge is 2.14. The van der Waals surface area contributed by atoms with Crippen LogP contribution >= 0.6 is 0 Å². The zero-order valence-electron chi connectivity index (χ0n) is 13.2. The predicted octanol–water partition coefficient (Wildman–Crippen LogP) is 3.52. The molecule has 0 aliphatic carbocycles. The van der Waals surface area contributed by atoms with E-state index in [9.17, 15) is 0 Å². The number of fused-ring (bicyclic) bond motifs is 1. The minimum atomic E-state index is 0.353. The Morgan fingerprint density at radius 2 is 2.22 bits per heavy atom. The number of nitrogens with zero attached hydrogens (tertiary/aromatic N) is 2. The molecule has 3 aromatic rings. The Bertz CT molecular complexity index is 821. The van der Waals surface area contributed by atoms with E-state index in [2.05, 4.69) is 38.5 Å². The Kier molecular flexibility index (Phi) is 3.71. The predicted molar refractivity (Wildman–Crippen MR) is 91.5 cm³/mol. The van der Waals surface area contributed by atoms with Gasteiger partial charge in [-0.2, -0.15) is 0 Å². The number of aryl methyl sites for hydroxylation is 1. The third-order valence-corrected chi connectivity index (χ3v) is 4.22. The largest absolute Gasteiger partial charge is 0.379 e. The highest BCUT2D eigenvalue weighted by Crippen LogP contribution is 2.25. The number of hydrogen-bond acceptors (Lipinski definition) is 4. The smallest absolute Gasteiger partial charge is 0.128 e. The first-order chi connectivity index (χ1) is 11.3. The molecule has 118 valence electrons. The van der Waals surface area contributed by atoms with Crippen molar-refractivity contribution >= 4 is 16.7 Å². The van der Waals surface area contributed by atoms with Crippen molar-refractivity contribution in [3.05, 3.63) is 42.4 Å². The van der Waals surface area contributed by atoms with E-state index >= 15 is 0 Å². The number of anilines is 1. The minimum absolute atomic E-state index is 0.353. The van der Waals surface area contributed by atoms with Crippen LogP contribution in [0.15, 0.2) is 36.7 Å². The fourth-order valence-corrected chi connectivity index (χ4v) is 3.04. The Balaban J connectivity index is 1.61. The van der Waals surface area contributed by atoms with Gasteiger partial charge >= 0.3 is 0 Å². The molecule has 23 heavy (non-hydrogen) atoms. The first-order valence-electron chi connectivity index (χ1n) is 8.04. The van der Waals surface area contributed by atoms with Crippen molar-refractivity contribution in [3.8, 4) is 11.3 Å². The number of nitrogens with one attached hydrogen (secondary N) is 2. The lowest BCUT2D eigenvalue weighted by molar-refractivity contribution is 0.0875. The fourth-order valence-electron chi connectivity index (χ4n) is 3.04. The van der Waals surface area contributed by atoms with Crippen LogP contribution in [0.25, 0.3) is 22.2 Å². The van der Waals surface area contributed by atoms with E-state index in [1.165, 1.54) is 0 Å². The molecule has 0 radical (unpaired) electrons. The van der Waals surface area contributed by atoms with Gasteiger partial charge in [-0.25, -0.2) is 4.98 Å². The molecule has 5 nitrogen and oxygen atoms in total. The van der Waals surface area contributed by atoms with Crippen LogP contribution in [0.3, 0.4) is 0 Å². The van der Waals surface area contributed by atoms with Crippen LogP contribution in [-0.2, 0) is 4.74 Å². The summed E-state index contributed by atoms with van der Waals surface area (Å²) in [4.78, 5) is 12.3. The molecule has 0 bridgehead atoms. The maximum Gasteiger partial charge on any atom is 0.128 e. The van der Waals surface area contributed by atoms with Crippen LogP contribution < -0.4 is 5.32 Å². The van der Waals surface area contributed by atoms with E-state index in [1.807, 2.05) is 25.4 Å². The Labute approximate surface area is 135 Å². The van der Waals surface area contributed by atoms with E-state index in [-0.39, 0.29) is 0 Å². The van der Waals surface area contributed by atoms with Gasteiger partial charge in [-0.3, -0.25) is 4.98 Å². The molecule has 0 spiro atoms. The number of aromatic amines is 1. The van der Waals surface area contributed by atoms with Gasteiger partial charge in [-0.05, 0) is 38.0 Å². The molecular formula is C18H20N4O. The molecule has 1 aliphatic rings. The zero-order valence-corrected chi connectivity index (χ0v) is 13.2. The monoisotopic (exact) mass is 308 g/mol. The molecule has 1 saturated heterocycles. The summed E-state index contributed by atoms with van der Waals surface area (Å²) < 4.78 is 5.51. The van der Waals surface area contributed by atoms with Gasteiger partial charge in [0.05, 0.1) is 18.2 Å². The average Bonchev–Trinajstić information content (AvgIpc) is 2.99. The third kappa shape index (κ3) is 3.05. The average molecular weight is 308 g/mol. The van der Waals surface area contributed by atoms with Gasteiger partial charge in [0.15, 0.2) is 0 Å². The molecule has 0 saturated carbocycles. The normalized spacial score (nSPS) is 18.2. The van der Waals surface area contributed by atoms with Crippen molar-refractivity contribution in [2.45, 2.75) is 25.8 Å². The van der Waals surface area contributed by atoms with Crippen LogP contribution in [0.5, 0.6) is 0 Å². The number of H-pyrrole nitrogens is 1. The zero-order chi connectivity index (χ0) is 15.6. The van der Waals surface area contributed by atoms with Crippen molar-refractivity contribution < 1.29 is 4.74 Å². The number of aromatic nitrogens is 3. The minimum Gasteiger partial charge on any atom is -0.379 e. The molecule has 1 fully saturated rings. The second-order valence-corrected chi connectivity index (χ2v) is 6.08. The molecule has 1 aliphatic heterocycles. The lowest BCUT2D eigenvalue weighted by atomic mass is 10.1. The summed E-state index contributed by atoms with van der Waals surface area (Å²) in [6, 6.07) is 8.65. The van der Waals surface area contributed by atoms with Crippen LogP contribution in [0.1, 0.15) is 18.5 Å². The summed E-state index contributed by atoms with van der Waals surface area (Å²) in [5, 5.41) is 4.58. The molecule has 1 atom stereocenters. The molecule has 2 N–H and O–H groups in total. The lowest BCUT2D eigenvalue weighted by Gasteiger charge is -2.23. The molecule has 0 amide bonds. The topological polar surface area (TPSA) is 62.8 Å². The van der Waals surface area contributed by atoms with E-state index in [4.69, 9.17) is 4.74 Å². The molecule has 5 heteroatoms. The summed E-state index contributed by atoms with van der Waals surface area (Å²) in [5.74, 6) is 0.896. The van der Waals surface area contributed by atoms with Crippen molar-refractivity contribution in [2.75, 3.05) is 18.5 Å². The first-order valence-corrected chi connectivity index (χ1v) is 8.04. The standard InChI is InChI=1S/C18H20N4O/c1-12-7-13(4-5-19-12)16-8-14-10-20-18(9-17(14)22-16)21-15-3-2-6-23-11-15/h4-5,7-10,15,22H,2-3,6,11H2,1H3,(H,20,21)/t15-/m1/s1. The van der Waals surface area contributed by atoms with E-state index in [0.717, 1.165) is 59.7 Å². The van der Waals surface area contributed by atoms with Crippen LogP contribution in [0.4, 0.5) is 5.82 Å². The lowest BCUT2D eigenvalue weighted by Crippen LogP contribution is -2.30. The number of pyridine rings is 2. The fraction of sp³-hybridized carbons (Fsp3) is 0.333. The maximum atomic E-state index is 5.51. The van der Waals surface area contributed by atoms with Gasteiger partial charge in [0.2, 0.25) is 0 Å². The van der Waals surface area contributed by atoms with Gasteiger partial charge < -0.3 is 15.0 Å². The molecule has 3 aromatic heterocycles. The second kappa shape index (κ2) is 6.01. The van der Waals surface area contributed by atoms with Gasteiger partial charge in [0, 0.05) is 47.4 Å². The van der Waals surface area contributed by atoms with Crippen molar-refractivity contribution in [2.24, 2.45) is 0 Å². The Morgan fingerprint density at radius 1 is 1.26 bits per heavy atom. The first kappa shape index (κ1) is 14.2.